The molecule has 0 atom stereocenters. The van der Waals surface area contributed by atoms with E-state index in [-0.39, 0.29) is 25.0 Å². The molecule has 0 bridgehead atoms. The molecule has 0 aliphatic carbocycles. The Labute approximate surface area is 82.2 Å². The van der Waals surface area contributed by atoms with E-state index in [1.807, 2.05) is 4.90 Å². The van der Waals surface area contributed by atoms with Crippen molar-refractivity contribution < 1.29 is 14.7 Å². The van der Waals surface area contributed by atoms with E-state index >= 15 is 0 Å². The van der Waals surface area contributed by atoms with Crippen LogP contribution in [0, 0.1) is 5.92 Å². The van der Waals surface area contributed by atoms with E-state index in [0.717, 1.165) is 13.1 Å². The van der Waals surface area contributed by atoms with Gasteiger partial charge in [-0.3, -0.25) is 25.3 Å². The summed E-state index contributed by atoms with van der Waals surface area (Å²) in [6, 6.07) is 0. The van der Waals surface area contributed by atoms with E-state index in [0.29, 0.717) is 5.92 Å². The molecular weight excluding hydrogens is 186 g/mol. The molecule has 1 rings (SSSR count). The van der Waals surface area contributed by atoms with Gasteiger partial charge in [-0.1, -0.05) is 0 Å². The Morgan fingerprint density at radius 3 is 2.57 bits per heavy atom. The summed E-state index contributed by atoms with van der Waals surface area (Å²) in [4.78, 5) is 23.5. The SMILES string of the molecule is CC(=O)NNC(=O)CN1CC(CO)C1. The topological polar surface area (TPSA) is 81.7 Å². The number of likely N-dealkylation sites (tertiary alicyclic amines) is 1. The first-order chi connectivity index (χ1) is 6.61. The first kappa shape index (κ1) is 10.9. The maximum absolute atomic E-state index is 11.1. The second-order valence-electron chi connectivity index (χ2n) is 3.47. The number of hydrogen-bond donors (Lipinski definition) is 3. The van der Waals surface area contributed by atoms with Gasteiger partial charge in [-0.15, -0.1) is 0 Å². The first-order valence-electron chi connectivity index (χ1n) is 4.50. The fraction of sp³-hybridized carbons (Fsp3) is 0.750. The van der Waals surface area contributed by atoms with Gasteiger partial charge in [-0.25, -0.2) is 0 Å². The van der Waals surface area contributed by atoms with Crippen molar-refractivity contribution in [1.82, 2.24) is 15.8 Å². The second-order valence-corrected chi connectivity index (χ2v) is 3.47. The molecule has 0 unspecified atom stereocenters. The summed E-state index contributed by atoms with van der Waals surface area (Å²) < 4.78 is 0. The summed E-state index contributed by atoms with van der Waals surface area (Å²) in [5, 5.41) is 8.73. The highest BCUT2D eigenvalue weighted by Gasteiger charge is 2.27. The van der Waals surface area contributed by atoms with E-state index < -0.39 is 0 Å². The molecule has 14 heavy (non-hydrogen) atoms. The number of nitrogens with one attached hydrogen (secondary N) is 2. The molecule has 0 aromatic heterocycles. The van der Waals surface area contributed by atoms with Crippen molar-refractivity contribution in [3.8, 4) is 0 Å². The monoisotopic (exact) mass is 201 g/mol. The van der Waals surface area contributed by atoms with Crippen LogP contribution in [0.1, 0.15) is 6.92 Å². The lowest BCUT2D eigenvalue weighted by Crippen LogP contribution is -2.53. The van der Waals surface area contributed by atoms with E-state index in [4.69, 9.17) is 5.11 Å². The van der Waals surface area contributed by atoms with Gasteiger partial charge in [0.05, 0.1) is 6.54 Å². The fourth-order valence-electron chi connectivity index (χ4n) is 1.32. The minimum absolute atomic E-state index is 0.170. The number of aliphatic hydroxyl groups is 1. The lowest BCUT2D eigenvalue weighted by atomic mass is 10.0. The Hall–Kier alpha value is -1.14. The van der Waals surface area contributed by atoms with Crippen molar-refractivity contribution in [2.45, 2.75) is 6.92 Å². The Morgan fingerprint density at radius 1 is 1.43 bits per heavy atom. The lowest BCUT2D eigenvalue weighted by molar-refractivity contribution is -0.129. The van der Waals surface area contributed by atoms with Crippen LogP contribution in [0.3, 0.4) is 0 Å². The van der Waals surface area contributed by atoms with Gasteiger partial charge in [0.25, 0.3) is 5.91 Å². The molecule has 0 aromatic rings. The normalized spacial score (nSPS) is 17.3. The van der Waals surface area contributed by atoms with Crippen molar-refractivity contribution >= 4 is 11.8 Å². The van der Waals surface area contributed by atoms with Crippen LogP contribution in [0.15, 0.2) is 0 Å². The molecule has 0 aromatic carbocycles. The molecule has 2 amide bonds. The van der Waals surface area contributed by atoms with Crippen LogP contribution in [-0.2, 0) is 9.59 Å². The molecule has 1 fully saturated rings. The lowest BCUT2D eigenvalue weighted by Gasteiger charge is -2.37. The highest BCUT2D eigenvalue weighted by atomic mass is 16.3. The maximum atomic E-state index is 11.1. The number of carbonyl (C=O) groups excluding carboxylic acids is 2. The highest BCUT2D eigenvalue weighted by Crippen LogP contribution is 2.12. The Kier molecular flexibility index (Phi) is 3.84. The van der Waals surface area contributed by atoms with Crippen LogP contribution in [-0.4, -0.2) is 48.1 Å². The number of amides is 2. The molecule has 0 spiro atoms. The van der Waals surface area contributed by atoms with Crippen LogP contribution in [0.2, 0.25) is 0 Å². The molecule has 1 heterocycles. The molecule has 80 valence electrons. The van der Waals surface area contributed by atoms with Crippen LogP contribution >= 0.6 is 0 Å². The third-order valence-electron chi connectivity index (χ3n) is 2.04. The van der Waals surface area contributed by atoms with Gasteiger partial charge in [0.1, 0.15) is 0 Å². The average Bonchev–Trinajstić information content (AvgIpc) is 2.07. The largest absolute Gasteiger partial charge is 0.396 e. The smallest absolute Gasteiger partial charge is 0.252 e. The van der Waals surface area contributed by atoms with E-state index in [1.165, 1.54) is 6.92 Å². The van der Waals surface area contributed by atoms with E-state index in [2.05, 4.69) is 10.9 Å². The zero-order chi connectivity index (χ0) is 10.6. The Bertz CT molecular complexity index is 226. The molecule has 0 radical (unpaired) electrons. The molecule has 6 nitrogen and oxygen atoms in total. The van der Waals surface area contributed by atoms with Gasteiger partial charge in [0, 0.05) is 32.5 Å². The summed E-state index contributed by atoms with van der Waals surface area (Å²) in [6.07, 6.45) is 0. The summed E-state index contributed by atoms with van der Waals surface area (Å²) in [6.45, 7) is 3.24. The number of nitrogens with zero attached hydrogens (tertiary/aromatic N) is 1. The second kappa shape index (κ2) is 4.92. The molecular formula is C8H15N3O3. The van der Waals surface area contributed by atoms with Gasteiger partial charge >= 0.3 is 0 Å². The minimum Gasteiger partial charge on any atom is -0.396 e. The average molecular weight is 201 g/mol. The summed E-state index contributed by atoms with van der Waals surface area (Å²) in [5.41, 5.74) is 4.48. The van der Waals surface area contributed by atoms with Crippen LogP contribution in [0.25, 0.3) is 0 Å². The third-order valence-corrected chi connectivity index (χ3v) is 2.04. The zero-order valence-electron chi connectivity index (χ0n) is 8.12. The molecule has 1 aliphatic heterocycles. The number of hydrazine groups is 1. The molecule has 6 heteroatoms. The van der Waals surface area contributed by atoms with Crippen molar-refractivity contribution in [3.05, 3.63) is 0 Å². The highest BCUT2D eigenvalue weighted by molar-refractivity contribution is 5.81. The maximum Gasteiger partial charge on any atom is 0.252 e. The van der Waals surface area contributed by atoms with Crippen molar-refractivity contribution in [3.63, 3.8) is 0 Å². The Morgan fingerprint density at radius 2 is 2.07 bits per heavy atom. The summed E-state index contributed by atoms with van der Waals surface area (Å²) >= 11 is 0. The van der Waals surface area contributed by atoms with Gasteiger partial charge in [0.2, 0.25) is 5.91 Å². The number of hydrogen-bond acceptors (Lipinski definition) is 4. The van der Waals surface area contributed by atoms with Crippen molar-refractivity contribution in [2.75, 3.05) is 26.2 Å². The van der Waals surface area contributed by atoms with Gasteiger partial charge in [-0.05, 0) is 0 Å². The summed E-state index contributed by atoms with van der Waals surface area (Å²) in [5.74, 6) is -0.240. The quantitative estimate of drug-likeness (QED) is 0.465. The first-order valence-corrected chi connectivity index (χ1v) is 4.50. The van der Waals surface area contributed by atoms with Crippen molar-refractivity contribution in [2.24, 2.45) is 5.92 Å². The van der Waals surface area contributed by atoms with Crippen LogP contribution in [0.5, 0.6) is 0 Å². The molecule has 1 saturated heterocycles. The zero-order valence-corrected chi connectivity index (χ0v) is 8.12. The predicted octanol–water partition coefficient (Wildman–Crippen LogP) is -1.92. The van der Waals surface area contributed by atoms with E-state index in [1.54, 1.807) is 0 Å². The van der Waals surface area contributed by atoms with Gasteiger partial charge in [0.15, 0.2) is 0 Å². The number of carbonyl (C=O) groups is 2. The minimum atomic E-state index is -0.296. The van der Waals surface area contributed by atoms with E-state index in [9.17, 15) is 9.59 Å². The molecule has 0 saturated carbocycles. The predicted molar refractivity (Wildman–Crippen MR) is 49.0 cm³/mol. The number of aliphatic hydroxyl groups excluding tert-OH is 1. The fourth-order valence-corrected chi connectivity index (χ4v) is 1.32. The molecule has 3 N–H and O–H groups in total. The standard InChI is InChI=1S/C8H15N3O3/c1-6(13)9-10-8(14)4-11-2-7(3-11)5-12/h7,12H,2-5H2,1H3,(H,9,13)(H,10,14). The van der Waals surface area contributed by atoms with Crippen LogP contribution < -0.4 is 10.9 Å². The van der Waals surface area contributed by atoms with Crippen molar-refractivity contribution in [1.29, 1.82) is 0 Å². The van der Waals surface area contributed by atoms with Gasteiger partial charge < -0.3 is 5.11 Å². The number of rotatable bonds is 3. The van der Waals surface area contributed by atoms with Gasteiger partial charge in [-0.2, -0.15) is 0 Å². The molecule has 1 aliphatic rings. The Balaban J connectivity index is 2.07. The summed E-state index contributed by atoms with van der Waals surface area (Å²) in [7, 11) is 0. The van der Waals surface area contributed by atoms with Crippen LogP contribution in [0.4, 0.5) is 0 Å². The third kappa shape index (κ3) is 3.31.